The van der Waals surface area contributed by atoms with Gasteiger partial charge >= 0.3 is 0 Å². The van der Waals surface area contributed by atoms with E-state index in [0.29, 0.717) is 23.3 Å². The molecule has 4 aromatic heterocycles. The first-order chi connectivity index (χ1) is 24.5. The monoisotopic (exact) mass is 705 g/mol. The average molecular weight is 706 g/mol. The molecule has 0 spiro atoms. The number of fused-ring (bicyclic) bond motifs is 2. The number of imidazole rings is 2. The molecule has 0 saturated carbocycles. The topological polar surface area (TPSA) is 305 Å². The van der Waals surface area contributed by atoms with E-state index >= 15 is 0 Å². The van der Waals surface area contributed by atoms with Crippen LogP contribution in [0.2, 0.25) is 0 Å². The number of hydrogen-bond acceptors (Lipinski definition) is 17. The summed E-state index contributed by atoms with van der Waals surface area (Å²) in [6, 6.07) is 8.69. The smallest absolute Gasteiger partial charge is 0.252 e. The van der Waals surface area contributed by atoms with Gasteiger partial charge in [-0.2, -0.15) is 0 Å². The summed E-state index contributed by atoms with van der Waals surface area (Å²) < 4.78 is 14.0. The number of nitrogens with zero attached hydrogens (tertiary/aromatic N) is 8. The molecular weight excluding hydrogens is 670 g/mol. The lowest BCUT2D eigenvalue weighted by Gasteiger charge is -2.18. The number of nitrogens with two attached hydrogens (primary N) is 2. The van der Waals surface area contributed by atoms with Gasteiger partial charge in [-0.05, 0) is 19.1 Å². The molecule has 6 heterocycles. The Kier molecular flexibility index (Phi) is 10.2. The summed E-state index contributed by atoms with van der Waals surface area (Å²) in [5.41, 5.74) is 13.3. The average Bonchev–Trinajstić information content (AvgIpc) is 3.88. The predicted octanol–water partition coefficient (Wildman–Crippen LogP) is -1.92. The number of likely N-dealkylation sites (N-methyl/N-ethyl adjacent to an activating group) is 1. The largest absolute Gasteiger partial charge is 0.394 e. The number of ketones is 1. The molecular formula is C31H35N11O9. The minimum Gasteiger partial charge on any atom is -0.394 e. The van der Waals surface area contributed by atoms with Crippen molar-refractivity contribution in [2.24, 2.45) is 0 Å². The zero-order valence-electron chi connectivity index (χ0n) is 26.9. The fourth-order valence-electron chi connectivity index (χ4n) is 5.69. The van der Waals surface area contributed by atoms with Gasteiger partial charge in [0.25, 0.3) is 5.91 Å². The maximum atomic E-state index is 12.4. The van der Waals surface area contributed by atoms with E-state index in [4.69, 9.17) is 20.9 Å². The number of aromatic nitrogens is 8. The van der Waals surface area contributed by atoms with E-state index in [2.05, 4.69) is 35.2 Å². The molecule has 0 aliphatic carbocycles. The highest BCUT2D eigenvalue weighted by molar-refractivity contribution is 6.06. The number of nitrogens with one attached hydrogen (secondary N) is 1. The van der Waals surface area contributed by atoms with Crippen molar-refractivity contribution in [3.8, 4) is 0 Å². The van der Waals surface area contributed by atoms with E-state index in [1.807, 2.05) is 6.07 Å². The number of aliphatic hydroxyl groups excluding tert-OH is 5. The summed E-state index contributed by atoms with van der Waals surface area (Å²) in [4.78, 5) is 48.6. The highest BCUT2D eigenvalue weighted by atomic mass is 16.6. The quantitative estimate of drug-likeness (QED) is 0.0644. The minimum atomic E-state index is -1.35. The molecule has 0 radical (unpaired) electrons. The van der Waals surface area contributed by atoms with E-state index in [-0.39, 0.29) is 34.4 Å². The van der Waals surface area contributed by atoms with Crippen LogP contribution in [0.4, 0.5) is 11.6 Å². The molecule has 8 atom stereocenters. The summed E-state index contributed by atoms with van der Waals surface area (Å²) in [6.07, 6.45) is -2.90. The van der Waals surface area contributed by atoms with Crippen LogP contribution in [-0.4, -0.2) is 126 Å². The first-order valence-electron chi connectivity index (χ1n) is 15.7. The van der Waals surface area contributed by atoms with Crippen molar-refractivity contribution in [1.82, 2.24) is 44.4 Å². The zero-order valence-corrected chi connectivity index (χ0v) is 26.9. The second-order valence-corrected chi connectivity index (χ2v) is 11.5. The van der Waals surface area contributed by atoms with Crippen molar-refractivity contribution < 1.29 is 44.6 Å². The third-order valence-corrected chi connectivity index (χ3v) is 8.26. The number of hydrogen-bond donors (Lipinski definition) is 8. The first-order valence-corrected chi connectivity index (χ1v) is 15.7. The Bertz CT molecular complexity index is 2060. The van der Waals surface area contributed by atoms with Crippen molar-refractivity contribution in [3.63, 3.8) is 0 Å². The van der Waals surface area contributed by atoms with Gasteiger partial charge in [0.1, 0.15) is 54.5 Å². The van der Waals surface area contributed by atoms with Crippen molar-refractivity contribution in [3.05, 3.63) is 66.8 Å². The Morgan fingerprint density at radius 1 is 0.863 bits per heavy atom. The van der Waals surface area contributed by atoms with Crippen LogP contribution in [-0.2, 0) is 14.3 Å². The van der Waals surface area contributed by atoms with Crippen molar-refractivity contribution in [2.75, 3.05) is 24.6 Å². The molecule has 2 saturated heterocycles. The summed E-state index contributed by atoms with van der Waals surface area (Å²) in [5.74, 6) is -0.201. The SMILES string of the molecule is CCNC(=O)C1OC(n2cnc3c(N)ncnc32)C(O)C1O.Nc1ncnc2c1nc(C=CC(=O)c1ccccc1)n2C1OC(CO)C(O)C1O. The van der Waals surface area contributed by atoms with Gasteiger partial charge in [-0.15, -0.1) is 0 Å². The van der Waals surface area contributed by atoms with Gasteiger partial charge in [0.15, 0.2) is 52.8 Å². The molecule has 1 amide bonds. The fraction of sp³-hybridized carbons (Fsp3) is 0.355. The predicted molar refractivity (Wildman–Crippen MR) is 177 cm³/mol. The van der Waals surface area contributed by atoms with Gasteiger partial charge in [-0.25, -0.2) is 29.9 Å². The van der Waals surface area contributed by atoms with Crippen molar-refractivity contribution >= 4 is 51.7 Å². The molecule has 0 bridgehead atoms. The Morgan fingerprint density at radius 3 is 2.20 bits per heavy atom. The van der Waals surface area contributed by atoms with Crippen molar-refractivity contribution in [1.29, 1.82) is 0 Å². The summed E-state index contributed by atoms with van der Waals surface area (Å²) in [7, 11) is 0. The molecule has 2 aliphatic heterocycles. The van der Waals surface area contributed by atoms with Gasteiger partial charge in [-0.3, -0.25) is 18.7 Å². The molecule has 268 valence electrons. The summed E-state index contributed by atoms with van der Waals surface area (Å²) in [6.45, 7) is 1.66. The van der Waals surface area contributed by atoms with Crippen molar-refractivity contribution in [2.45, 2.75) is 56.0 Å². The van der Waals surface area contributed by atoms with Crippen LogP contribution in [0.3, 0.4) is 0 Å². The van der Waals surface area contributed by atoms with Crippen LogP contribution in [0.5, 0.6) is 0 Å². The number of allylic oxidation sites excluding steroid dienone is 1. The molecule has 1 aromatic carbocycles. The molecule has 5 aromatic rings. The van der Waals surface area contributed by atoms with Gasteiger partial charge in [0.05, 0.1) is 12.9 Å². The number of benzene rings is 1. The number of nitrogen functional groups attached to an aromatic ring is 2. The van der Waals surface area contributed by atoms with E-state index < -0.39 is 61.6 Å². The second kappa shape index (κ2) is 14.8. The molecule has 10 N–H and O–H groups in total. The van der Waals surface area contributed by atoms with Crippen LogP contribution in [0.1, 0.15) is 35.6 Å². The Labute approximate surface area is 288 Å². The number of ether oxygens (including phenoxy) is 2. The van der Waals surface area contributed by atoms with Crippen LogP contribution in [0.25, 0.3) is 28.4 Å². The summed E-state index contributed by atoms with van der Waals surface area (Å²) in [5, 5.41) is 52.7. The van der Waals surface area contributed by atoms with E-state index in [1.54, 1.807) is 31.2 Å². The maximum Gasteiger partial charge on any atom is 0.252 e. The highest BCUT2D eigenvalue weighted by Gasteiger charge is 2.48. The highest BCUT2D eigenvalue weighted by Crippen LogP contribution is 2.34. The lowest BCUT2D eigenvalue weighted by molar-refractivity contribution is -0.137. The number of carbonyl (C=O) groups is 2. The lowest BCUT2D eigenvalue weighted by atomic mass is 10.1. The number of rotatable bonds is 8. The Morgan fingerprint density at radius 2 is 1.53 bits per heavy atom. The van der Waals surface area contributed by atoms with Gasteiger partial charge in [-0.1, -0.05) is 30.3 Å². The van der Waals surface area contributed by atoms with Gasteiger partial charge in [0, 0.05) is 12.1 Å². The van der Waals surface area contributed by atoms with Gasteiger partial charge < -0.3 is 51.8 Å². The fourth-order valence-corrected chi connectivity index (χ4v) is 5.69. The molecule has 8 unspecified atom stereocenters. The normalized spacial score (nSPS) is 26.1. The van der Waals surface area contributed by atoms with Crippen LogP contribution in [0, 0.1) is 0 Å². The lowest BCUT2D eigenvalue weighted by Crippen LogP contribution is -2.42. The number of carbonyl (C=O) groups excluding carboxylic acids is 2. The van der Waals surface area contributed by atoms with Crippen LogP contribution >= 0.6 is 0 Å². The molecule has 2 aliphatic rings. The zero-order chi connectivity index (χ0) is 36.4. The van der Waals surface area contributed by atoms with Gasteiger partial charge in [0.2, 0.25) is 0 Å². The number of aliphatic hydroxyl groups is 5. The third kappa shape index (κ3) is 6.71. The Balaban J connectivity index is 0.000000183. The van der Waals surface area contributed by atoms with E-state index in [0.717, 1.165) is 0 Å². The molecule has 20 nitrogen and oxygen atoms in total. The molecule has 2 fully saturated rings. The number of anilines is 2. The second-order valence-electron chi connectivity index (χ2n) is 11.5. The van der Waals surface area contributed by atoms with Crippen LogP contribution < -0.4 is 16.8 Å². The maximum absolute atomic E-state index is 12.4. The molecule has 51 heavy (non-hydrogen) atoms. The van der Waals surface area contributed by atoms with E-state index in [9.17, 15) is 35.1 Å². The first kappa shape index (κ1) is 35.3. The third-order valence-electron chi connectivity index (χ3n) is 8.26. The molecule has 7 rings (SSSR count). The Hall–Kier alpha value is -5.48. The molecule has 20 heteroatoms. The minimum absolute atomic E-state index is 0.115. The summed E-state index contributed by atoms with van der Waals surface area (Å²) >= 11 is 0. The number of amides is 1. The van der Waals surface area contributed by atoms with E-state index in [1.165, 1.54) is 40.3 Å². The van der Waals surface area contributed by atoms with Crippen LogP contribution in [0.15, 0.2) is 55.4 Å². The standard InChI is InChI=1S/C19H19N5O5.C12H16N6O4/c20-17-14-18(22-9-21-17)24(19-16(28)15(27)12(8-25)29-19)13(23-14)7-6-11(26)10-4-2-1-3-5-10;1-2-14-11(21)8-6(19)7(20)12(22-8)18-4-17-5-9(13)15-3-16-10(5)18/h1-7,9,12,15-16,19,25,27-28H,8H2,(H2,20,21,22);3-4,6-8,12,19-20H,2H2,1H3,(H,14,21)(H2,13,15,16).